The van der Waals surface area contributed by atoms with Gasteiger partial charge < -0.3 is 20.9 Å². The third-order valence-electron chi connectivity index (χ3n) is 3.79. The molecule has 0 saturated carbocycles. The lowest BCUT2D eigenvalue weighted by Gasteiger charge is -2.41. The Bertz CT molecular complexity index is 252. The fourth-order valence-corrected chi connectivity index (χ4v) is 2.83. The number of nitrogens with zero attached hydrogens (tertiary/aromatic N) is 1. The fraction of sp³-hybridized carbons (Fsp3) is 0.917. The number of piperazine rings is 1. The van der Waals surface area contributed by atoms with Crippen molar-refractivity contribution in [2.75, 3.05) is 45.8 Å². The number of carbonyl (C=O) groups excluding carboxylic acids is 1. The number of nitrogens with one attached hydrogen (secondary N) is 3. The smallest absolute Gasteiger partial charge is 0.243 e. The van der Waals surface area contributed by atoms with Gasteiger partial charge in [-0.3, -0.25) is 4.79 Å². The van der Waals surface area contributed by atoms with E-state index in [4.69, 9.17) is 0 Å². The second kappa shape index (κ2) is 5.80. The summed E-state index contributed by atoms with van der Waals surface area (Å²) in [5, 5.41) is 10.1. The Morgan fingerprint density at radius 1 is 1.18 bits per heavy atom. The van der Waals surface area contributed by atoms with Gasteiger partial charge in [0, 0.05) is 26.2 Å². The molecule has 2 saturated heterocycles. The number of amides is 1. The maximum Gasteiger partial charge on any atom is 0.243 e. The summed E-state index contributed by atoms with van der Waals surface area (Å²) >= 11 is 0. The second-order valence-electron chi connectivity index (χ2n) is 4.90. The van der Waals surface area contributed by atoms with Gasteiger partial charge in [-0.25, -0.2) is 0 Å². The fourth-order valence-electron chi connectivity index (χ4n) is 2.83. The molecule has 2 rings (SSSR count). The van der Waals surface area contributed by atoms with Crippen LogP contribution < -0.4 is 16.0 Å². The van der Waals surface area contributed by atoms with E-state index in [2.05, 4.69) is 22.9 Å². The molecule has 0 aromatic carbocycles. The van der Waals surface area contributed by atoms with Gasteiger partial charge in [-0.1, -0.05) is 6.92 Å². The summed E-state index contributed by atoms with van der Waals surface area (Å²) in [6.45, 7) is 8.35. The number of carbonyl (C=O) groups is 1. The van der Waals surface area contributed by atoms with Crippen LogP contribution in [0.25, 0.3) is 0 Å². The van der Waals surface area contributed by atoms with E-state index in [1.807, 2.05) is 4.90 Å². The van der Waals surface area contributed by atoms with Crippen LogP contribution in [0, 0.1) is 0 Å². The first-order valence-corrected chi connectivity index (χ1v) is 6.74. The first-order valence-electron chi connectivity index (χ1n) is 6.74. The Morgan fingerprint density at radius 3 is 2.35 bits per heavy atom. The van der Waals surface area contributed by atoms with Gasteiger partial charge in [0.05, 0.1) is 0 Å². The number of piperidine rings is 1. The highest BCUT2D eigenvalue weighted by molar-refractivity contribution is 5.86. The van der Waals surface area contributed by atoms with E-state index in [9.17, 15) is 4.79 Å². The zero-order chi connectivity index (χ0) is 12.1. The minimum atomic E-state index is -0.308. The number of likely N-dealkylation sites (N-methyl/N-ethyl adjacent to an activating group) is 1. The Balaban J connectivity index is 2.05. The standard InChI is InChI=1S/C12H24N4O/c1-2-15-12(3-5-13-6-4-12)11(17)16-9-7-14-8-10-16/h13-15H,2-10H2,1H3. The van der Waals surface area contributed by atoms with Gasteiger partial charge in [0.2, 0.25) is 5.91 Å². The topological polar surface area (TPSA) is 56.4 Å². The van der Waals surface area contributed by atoms with Gasteiger partial charge >= 0.3 is 0 Å². The Hall–Kier alpha value is -0.650. The lowest BCUT2D eigenvalue weighted by atomic mass is 9.86. The molecule has 17 heavy (non-hydrogen) atoms. The molecule has 0 aliphatic carbocycles. The number of hydrogen-bond acceptors (Lipinski definition) is 4. The highest BCUT2D eigenvalue weighted by atomic mass is 16.2. The van der Waals surface area contributed by atoms with Gasteiger partial charge in [-0.2, -0.15) is 0 Å². The molecule has 0 atom stereocenters. The maximum absolute atomic E-state index is 12.7. The average Bonchev–Trinajstić information content (AvgIpc) is 2.40. The third kappa shape index (κ3) is 2.78. The van der Waals surface area contributed by atoms with Crippen molar-refractivity contribution in [2.45, 2.75) is 25.3 Å². The van der Waals surface area contributed by atoms with Crippen molar-refractivity contribution in [3.8, 4) is 0 Å². The van der Waals surface area contributed by atoms with E-state index >= 15 is 0 Å². The first-order chi connectivity index (χ1) is 8.28. The molecule has 2 heterocycles. The zero-order valence-corrected chi connectivity index (χ0v) is 10.7. The summed E-state index contributed by atoms with van der Waals surface area (Å²) in [7, 11) is 0. The summed E-state index contributed by atoms with van der Waals surface area (Å²) in [5.41, 5.74) is -0.308. The van der Waals surface area contributed by atoms with Crippen molar-refractivity contribution < 1.29 is 4.79 Å². The summed E-state index contributed by atoms with van der Waals surface area (Å²) in [6.07, 6.45) is 1.81. The first kappa shape index (κ1) is 12.8. The molecular formula is C12H24N4O. The van der Waals surface area contributed by atoms with E-state index in [-0.39, 0.29) is 5.54 Å². The van der Waals surface area contributed by atoms with Crippen molar-refractivity contribution in [3.05, 3.63) is 0 Å². The molecule has 2 fully saturated rings. The summed E-state index contributed by atoms with van der Waals surface area (Å²) < 4.78 is 0. The monoisotopic (exact) mass is 240 g/mol. The average molecular weight is 240 g/mol. The summed E-state index contributed by atoms with van der Waals surface area (Å²) in [6, 6.07) is 0. The van der Waals surface area contributed by atoms with Crippen LogP contribution >= 0.6 is 0 Å². The number of rotatable bonds is 3. The third-order valence-corrected chi connectivity index (χ3v) is 3.79. The molecule has 0 radical (unpaired) electrons. The normalized spacial score (nSPS) is 24.6. The highest BCUT2D eigenvalue weighted by Gasteiger charge is 2.41. The van der Waals surface area contributed by atoms with Crippen molar-refractivity contribution in [1.29, 1.82) is 0 Å². The van der Waals surface area contributed by atoms with Crippen LogP contribution in [0.3, 0.4) is 0 Å². The summed E-state index contributed by atoms with van der Waals surface area (Å²) in [4.78, 5) is 14.7. The predicted molar refractivity (Wildman–Crippen MR) is 68.0 cm³/mol. The van der Waals surface area contributed by atoms with Crippen LogP contribution in [0.1, 0.15) is 19.8 Å². The van der Waals surface area contributed by atoms with Gasteiger partial charge in [0.25, 0.3) is 0 Å². The van der Waals surface area contributed by atoms with Crippen molar-refractivity contribution >= 4 is 5.91 Å². The van der Waals surface area contributed by atoms with Gasteiger partial charge in [0.1, 0.15) is 5.54 Å². The predicted octanol–water partition coefficient (Wildman–Crippen LogP) is -0.850. The quantitative estimate of drug-likeness (QED) is 0.601. The largest absolute Gasteiger partial charge is 0.339 e. The molecule has 3 N–H and O–H groups in total. The molecular weight excluding hydrogens is 216 g/mol. The summed E-state index contributed by atoms with van der Waals surface area (Å²) in [5.74, 6) is 0.308. The lowest BCUT2D eigenvalue weighted by molar-refractivity contribution is -0.140. The molecule has 1 amide bonds. The van der Waals surface area contributed by atoms with Gasteiger partial charge in [-0.05, 0) is 32.5 Å². The minimum Gasteiger partial charge on any atom is -0.339 e. The molecule has 98 valence electrons. The van der Waals surface area contributed by atoms with Gasteiger partial charge in [0.15, 0.2) is 0 Å². The van der Waals surface area contributed by atoms with E-state index in [1.165, 1.54) is 0 Å². The Kier molecular flexibility index (Phi) is 4.36. The van der Waals surface area contributed by atoms with E-state index in [0.29, 0.717) is 5.91 Å². The molecule has 2 aliphatic rings. The molecule has 2 aliphatic heterocycles. The Labute approximate surface area is 103 Å². The van der Waals surface area contributed by atoms with Gasteiger partial charge in [-0.15, -0.1) is 0 Å². The molecule has 5 nitrogen and oxygen atoms in total. The Morgan fingerprint density at radius 2 is 1.76 bits per heavy atom. The second-order valence-corrected chi connectivity index (χ2v) is 4.90. The van der Waals surface area contributed by atoms with Crippen LogP contribution in [0.15, 0.2) is 0 Å². The molecule has 5 heteroatoms. The van der Waals surface area contributed by atoms with Crippen LogP contribution in [0.5, 0.6) is 0 Å². The SMILES string of the molecule is CCNC1(C(=O)N2CCNCC2)CCNCC1. The van der Waals surface area contributed by atoms with E-state index in [1.54, 1.807) is 0 Å². The van der Waals surface area contributed by atoms with Crippen molar-refractivity contribution in [2.24, 2.45) is 0 Å². The zero-order valence-electron chi connectivity index (χ0n) is 10.7. The van der Waals surface area contributed by atoms with Crippen LogP contribution in [0.4, 0.5) is 0 Å². The molecule has 0 aromatic rings. The molecule has 0 aromatic heterocycles. The molecule has 0 unspecified atom stereocenters. The van der Waals surface area contributed by atoms with E-state index in [0.717, 1.165) is 58.7 Å². The minimum absolute atomic E-state index is 0.308. The molecule has 0 bridgehead atoms. The lowest BCUT2D eigenvalue weighted by Crippen LogP contribution is -2.64. The highest BCUT2D eigenvalue weighted by Crippen LogP contribution is 2.21. The molecule has 0 spiro atoms. The van der Waals surface area contributed by atoms with E-state index < -0.39 is 0 Å². The maximum atomic E-state index is 12.7. The van der Waals surface area contributed by atoms with Crippen LogP contribution in [0.2, 0.25) is 0 Å². The van der Waals surface area contributed by atoms with Crippen LogP contribution in [-0.2, 0) is 4.79 Å². The van der Waals surface area contributed by atoms with Crippen molar-refractivity contribution in [1.82, 2.24) is 20.9 Å². The van der Waals surface area contributed by atoms with Crippen molar-refractivity contribution in [3.63, 3.8) is 0 Å². The van der Waals surface area contributed by atoms with Crippen LogP contribution in [-0.4, -0.2) is 62.2 Å². The number of hydrogen-bond donors (Lipinski definition) is 3.